The molecule has 10 heteroatoms. The lowest BCUT2D eigenvalue weighted by Gasteiger charge is -2.19. The van der Waals surface area contributed by atoms with Gasteiger partial charge >= 0.3 is 0 Å². The fourth-order valence-corrected chi connectivity index (χ4v) is 4.12. The number of carbonyl (C=O) groups excluding carboxylic acids is 2. The fraction of sp³-hybridized carbons (Fsp3) is 0.304. The molecule has 4 aromatic rings. The molecule has 1 atom stereocenters. The Morgan fingerprint density at radius 2 is 1.36 bits per heavy atom. The molecule has 4 aromatic heterocycles. The SMILES string of the molecule is Cn1ncc(C(=O)NCC(NC(=O)c2cnn(C)c2-n2cccc2)C2CC2)c1-n1cccc1. The van der Waals surface area contributed by atoms with Crippen LogP contribution >= 0.6 is 0 Å². The molecular formula is C23H26N8O2. The summed E-state index contributed by atoms with van der Waals surface area (Å²) in [5, 5.41) is 14.6. The van der Waals surface area contributed by atoms with Crippen LogP contribution in [0.5, 0.6) is 0 Å². The van der Waals surface area contributed by atoms with Crippen molar-refractivity contribution in [2.24, 2.45) is 20.0 Å². The molecule has 0 spiro atoms. The molecule has 170 valence electrons. The fourth-order valence-electron chi connectivity index (χ4n) is 4.12. The van der Waals surface area contributed by atoms with Gasteiger partial charge in [-0.1, -0.05) is 0 Å². The first kappa shape index (κ1) is 20.8. The normalized spacial score (nSPS) is 14.2. The van der Waals surface area contributed by atoms with E-state index in [4.69, 9.17) is 0 Å². The second-order valence-corrected chi connectivity index (χ2v) is 8.32. The van der Waals surface area contributed by atoms with E-state index >= 15 is 0 Å². The zero-order valence-corrected chi connectivity index (χ0v) is 18.5. The van der Waals surface area contributed by atoms with Gasteiger partial charge in [-0.05, 0) is 43.0 Å². The predicted octanol–water partition coefficient (Wildman–Crippen LogP) is 1.67. The molecule has 0 radical (unpaired) electrons. The van der Waals surface area contributed by atoms with Gasteiger partial charge in [-0.2, -0.15) is 10.2 Å². The van der Waals surface area contributed by atoms with Gasteiger partial charge in [0.2, 0.25) is 0 Å². The van der Waals surface area contributed by atoms with Crippen LogP contribution in [-0.2, 0) is 14.1 Å². The van der Waals surface area contributed by atoms with Gasteiger partial charge in [0, 0.05) is 51.5 Å². The average molecular weight is 447 g/mol. The Morgan fingerprint density at radius 3 is 1.85 bits per heavy atom. The molecule has 5 rings (SSSR count). The lowest BCUT2D eigenvalue weighted by molar-refractivity contribution is 0.0903. The number of aromatic nitrogens is 6. The third kappa shape index (κ3) is 4.07. The van der Waals surface area contributed by atoms with Crippen molar-refractivity contribution in [1.82, 2.24) is 39.3 Å². The number of hydrogen-bond acceptors (Lipinski definition) is 4. The predicted molar refractivity (Wildman–Crippen MR) is 121 cm³/mol. The average Bonchev–Trinajstić information content (AvgIpc) is 3.22. The van der Waals surface area contributed by atoms with Crippen LogP contribution in [-0.4, -0.2) is 53.1 Å². The Kier molecular flexibility index (Phi) is 5.33. The third-order valence-corrected chi connectivity index (χ3v) is 5.99. The Morgan fingerprint density at radius 1 is 0.879 bits per heavy atom. The van der Waals surface area contributed by atoms with Crippen molar-refractivity contribution < 1.29 is 9.59 Å². The molecule has 1 aliphatic rings. The Hall–Kier alpha value is -4.08. The van der Waals surface area contributed by atoms with Crippen molar-refractivity contribution in [2.45, 2.75) is 18.9 Å². The first-order valence-electron chi connectivity index (χ1n) is 10.9. The maximum atomic E-state index is 13.1. The summed E-state index contributed by atoms with van der Waals surface area (Å²) in [5.74, 6) is 1.31. The van der Waals surface area contributed by atoms with E-state index in [-0.39, 0.29) is 17.9 Å². The summed E-state index contributed by atoms with van der Waals surface area (Å²) in [6, 6.07) is 7.43. The molecule has 0 saturated heterocycles. The van der Waals surface area contributed by atoms with E-state index in [9.17, 15) is 9.59 Å². The van der Waals surface area contributed by atoms with Gasteiger partial charge in [-0.3, -0.25) is 19.0 Å². The van der Waals surface area contributed by atoms with Crippen LogP contribution in [0, 0.1) is 5.92 Å². The molecule has 1 unspecified atom stereocenters. The number of nitrogens with zero attached hydrogens (tertiary/aromatic N) is 6. The molecule has 4 heterocycles. The van der Waals surface area contributed by atoms with Crippen LogP contribution in [0.15, 0.2) is 61.4 Å². The molecule has 33 heavy (non-hydrogen) atoms. The first-order valence-corrected chi connectivity index (χ1v) is 10.9. The van der Waals surface area contributed by atoms with E-state index in [0.29, 0.717) is 35.2 Å². The Bertz CT molecular complexity index is 1260. The van der Waals surface area contributed by atoms with Crippen molar-refractivity contribution in [2.75, 3.05) is 6.54 Å². The number of carbonyl (C=O) groups is 2. The molecule has 1 fully saturated rings. The van der Waals surface area contributed by atoms with Gasteiger partial charge < -0.3 is 19.8 Å². The Labute approximate surface area is 190 Å². The summed E-state index contributed by atoms with van der Waals surface area (Å²) in [6.07, 6.45) is 12.7. The minimum atomic E-state index is -0.221. The number of aryl methyl sites for hydroxylation is 2. The summed E-state index contributed by atoms with van der Waals surface area (Å²) in [7, 11) is 3.61. The quantitative estimate of drug-likeness (QED) is 0.430. The summed E-state index contributed by atoms with van der Waals surface area (Å²) < 4.78 is 7.06. The number of rotatable bonds is 8. The van der Waals surface area contributed by atoms with Crippen molar-refractivity contribution >= 4 is 11.8 Å². The molecular weight excluding hydrogens is 420 g/mol. The number of amides is 2. The summed E-state index contributed by atoms with van der Waals surface area (Å²) in [5.41, 5.74) is 0.976. The first-order chi connectivity index (χ1) is 16.0. The number of nitrogens with one attached hydrogen (secondary N) is 2. The highest BCUT2D eigenvalue weighted by Crippen LogP contribution is 2.32. The maximum absolute atomic E-state index is 13.1. The lowest BCUT2D eigenvalue weighted by atomic mass is 10.1. The van der Waals surface area contributed by atoms with E-state index in [0.717, 1.165) is 12.8 Å². The topological polar surface area (TPSA) is 104 Å². The van der Waals surface area contributed by atoms with E-state index in [1.807, 2.05) is 58.2 Å². The van der Waals surface area contributed by atoms with Crippen LogP contribution in [0.25, 0.3) is 11.6 Å². The largest absolute Gasteiger partial charge is 0.350 e. The van der Waals surface area contributed by atoms with Crippen molar-refractivity contribution in [1.29, 1.82) is 0 Å². The third-order valence-electron chi connectivity index (χ3n) is 5.99. The molecule has 2 amide bonds. The second-order valence-electron chi connectivity index (χ2n) is 8.32. The van der Waals surface area contributed by atoms with Gasteiger partial charge in [0.1, 0.15) is 22.8 Å². The van der Waals surface area contributed by atoms with Crippen LogP contribution in [0.3, 0.4) is 0 Å². The molecule has 0 aromatic carbocycles. The van der Waals surface area contributed by atoms with E-state index in [2.05, 4.69) is 20.8 Å². The summed E-state index contributed by atoms with van der Waals surface area (Å²) in [4.78, 5) is 26.1. The zero-order valence-electron chi connectivity index (χ0n) is 18.5. The van der Waals surface area contributed by atoms with Crippen LogP contribution < -0.4 is 10.6 Å². The van der Waals surface area contributed by atoms with Crippen LogP contribution in [0.4, 0.5) is 0 Å². The summed E-state index contributed by atoms with van der Waals surface area (Å²) >= 11 is 0. The smallest absolute Gasteiger partial charge is 0.256 e. The monoisotopic (exact) mass is 446 g/mol. The van der Waals surface area contributed by atoms with E-state index in [1.54, 1.807) is 35.9 Å². The summed E-state index contributed by atoms with van der Waals surface area (Å²) in [6.45, 7) is 0.342. The standard InChI is InChI=1S/C23H26N8O2/c1-28-22(30-9-3-4-10-30)17(13-25-28)20(32)24-15-19(16-7-8-16)27-21(33)18-14-26-29(2)23(18)31-11-5-6-12-31/h3-6,9-14,16,19H,7-8,15H2,1-2H3,(H,24,32)(H,27,33). The van der Waals surface area contributed by atoms with Gasteiger partial charge in [-0.15, -0.1) is 0 Å². The van der Waals surface area contributed by atoms with Crippen molar-refractivity contribution in [3.63, 3.8) is 0 Å². The highest BCUT2D eigenvalue weighted by atomic mass is 16.2. The van der Waals surface area contributed by atoms with Crippen molar-refractivity contribution in [3.8, 4) is 11.6 Å². The Balaban J connectivity index is 1.29. The van der Waals surface area contributed by atoms with Gasteiger partial charge in [-0.25, -0.2) is 0 Å². The molecule has 2 N–H and O–H groups in total. The van der Waals surface area contributed by atoms with E-state index < -0.39 is 0 Å². The molecule has 1 aliphatic carbocycles. The molecule has 0 bridgehead atoms. The van der Waals surface area contributed by atoms with Crippen LogP contribution in [0.1, 0.15) is 33.6 Å². The molecule has 1 saturated carbocycles. The highest BCUT2D eigenvalue weighted by Gasteiger charge is 2.34. The van der Waals surface area contributed by atoms with Crippen molar-refractivity contribution in [3.05, 3.63) is 72.6 Å². The van der Waals surface area contributed by atoms with Gasteiger partial charge in [0.25, 0.3) is 11.8 Å². The lowest BCUT2D eigenvalue weighted by Crippen LogP contribution is -2.45. The zero-order chi connectivity index (χ0) is 22.9. The van der Waals surface area contributed by atoms with Crippen LogP contribution in [0.2, 0.25) is 0 Å². The maximum Gasteiger partial charge on any atom is 0.256 e. The molecule has 0 aliphatic heterocycles. The number of hydrogen-bond donors (Lipinski definition) is 2. The van der Waals surface area contributed by atoms with E-state index in [1.165, 1.54) is 0 Å². The molecule has 10 nitrogen and oxygen atoms in total. The van der Waals surface area contributed by atoms with Gasteiger partial charge in [0.15, 0.2) is 0 Å². The minimum Gasteiger partial charge on any atom is -0.350 e. The van der Waals surface area contributed by atoms with Gasteiger partial charge in [0.05, 0.1) is 12.4 Å². The second kappa shape index (κ2) is 8.45. The minimum absolute atomic E-state index is 0.161. The highest BCUT2D eigenvalue weighted by molar-refractivity contribution is 5.98.